The van der Waals surface area contributed by atoms with Crippen molar-refractivity contribution >= 4 is 18.3 Å². The number of nitrogens with zero attached hydrogens (tertiary/aromatic N) is 1. The standard InChI is InChI=1S/C11H17NO3S/c1-12(7-16)11-9(14-3)5-8(13-2)6-10(11)15-4/h5-6,16H,7H2,1-4H3. The van der Waals surface area contributed by atoms with E-state index >= 15 is 0 Å². The number of hydrogen-bond donors (Lipinski definition) is 1. The summed E-state index contributed by atoms with van der Waals surface area (Å²) in [6.45, 7) is 0. The number of hydrogen-bond acceptors (Lipinski definition) is 5. The molecule has 0 N–H and O–H groups in total. The Morgan fingerprint density at radius 3 is 1.88 bits per heavy atom. The van der Waals surface area contributed by atoms with Crippen LogP contribution in [0.4, 0.5) is 5.69 Å². The summed E-state index contributed by atoms with van der Waals surface area (Å²) in [5.41, 5.74) is 0.862. The van der Waals surface area contributed by atoms with Gasteiger partial charge in [0.15, 0.2) is 0 Å². The van der Waals surface area contributed by atoms with E-state index < -0.39 is 0 Å². The van der Waals surface area contributed by atoms with Crippen LogP contribution < -0.4 is 19.1 Å². The van der Waals surface area contributed by atoms with Gasteiger partial charge in [-0.15, -0.1) is 0 Å². The molecule has 0 saturated heterocycles. The lowest BCUT2D eigenvalue weighted by molar-refractivity contribution is 0.376. The third-order valence-corrected chi connectivity index (χ3v) is 2.71. The number of methoxy groups -OCH3 is 3. The molecular weight excluding hydrogens is 226 g/mol. The van der Waals surface area contributed by atoms with Crippen molar-refractivity contribution in [1.82, 2.24) is 0 Å². The predicted octanol–water partition coefficient (Wildman–Crippen LogP) is 2.04. The van der Waals surface area contributed by atoms with Crippen LogP contribution in [0, 0.1) is 0 Å². The van der Waals surface area contributed by atoms with Gasteiger partial charge in [-0.1, -0.05) is 0 Å². The van der Waals surface area contributed by atoms with Gasteiger partial charge in [-0.25, -0.2) is 0 Å². The maximum atomic E-state index is 5.32. The van der Waals surface area contributed by atoms with Gasteiger partial charge in [-0.2, -0.15) is 12.6 Å². The Balaban J connectivity index is 3.31. The molecule has 16 heavy (non-hydrogen) atoms. The van der Waals surface area contributed by atoms with Crippen molar-refractivity contribution in [2.24, 2.45) is 0 Å². The number of thiol groups is 1. The first kappa shape index (κ1) is 12.8. The second kappa shape index (κ2) is 5.75. The molecule has 0 unspecified atom stereocenters. The van der Waals surface area contributed by atoms with Gasteiger partial charge < -0.3 is 19.1 Å². The van der Waals surface area contributed by atoms with Gasteiger partial charge in [0.2, 0.25) is 0 Å². The Hall–Kier alpha value is -1.23. The molecule has 4 nitrogen and oxygen atoms in total. The molecule has 0 amide bonds. The number of benzene rings is 1. The molecule has 0 atom stereocenters. The quantitative estimate of drug-likeness (QED) is 0.633. The summed E-state index contributed by atoms with van der Waals surface area (Å²) in [5.74, 6) is 2.67. The molecule has 0 fully saturated rings. The van der Waals surface area contributed by atoms with E-state index in [1.54, 1.807) is 21.3 Å². The van der Waals surface area contributed by atoms with Crippen molar-refractivity contribution < 1.29 is 14.2 Å². The van der Waals surface area contributed by atoms with Gasteiger partial charge in [-0.3, -0.25) is 0 Å². The Morgan fingerprint density at radius 2 is 1.56 bits per heavy atom. The molecule has 0 bridgehead atoms. The SMILES string of the molecule is COc1cc(OC)c(N(C)CS)c(OC)c1. The third kappa shape index (κ3) is 2.47. The fraction of sp³-hybridized carbons (Fsp3) is 0.455. The first-order chi connectivity index (χ1) is 7.67. The van der Waals surface area contributed by atoms with E-state index in [2.05, 4.69) is 12.6 Å². The minimum absolute atomic E-state index is 0.569. The predicted molar refractivity (Wildman–Crippen MR) is 68.4 cm³/mol. The number of rotatable bonds is 5. The van der Waals surface area contributed by atoms with Crippen molar-refractivity contribution in [3.63, 3.8) is 0 Å². The van der Waals surface area contributed by atoms with Crippen LogP contribution in [0.5, 0.6) is 17.2 Å². The number of ether oxygens (including phenoxy) is 3. The average Bonchev–Trinajstić information content (AvgIpc) is 2.35. The molecule has 0 saturated carbocycles. The van der Waals surface area contributed by atoms with Crippen LogP contribution in [0.15, 0.2) is 12.1 Å². The van der Waals surface area contributed by atoms with E-state index in [4.69, 9.17) is 14.2 Å². The minimum Gasteiger partial charge on any atom is -0.496 e. The van der Waals surface area contributed by atoms with E-state index in [1.165, 1.54) is 0 Å². The fourth-order valence-corrected chi connectivity index (χ4v) is 1.58. The van der Waals surface area contributed by atoms with Crippen LogP contribution in [0.1, 0.15) is 0 Å². The van der Waals surface area contributed by atoms with Crippen LogP contribution in [0.2, 0.25) is 0 Å². The van der Waals surface area contributed by atoms with Gasteiger partial charge in [0, 0.05) is 19.2 Å². The monoisotopic (exact) mass is 243 g/mol. The van der Waals surface area contributed by atoms with Gasteiger partial charge in [0.05, 0.1) is 27.2 Å². The zero-order valence-corrected chi connectivity index (χ0v) is 10.9. The highest BCUT2D eigenvalue weighted by Crippen LogP contribution is 2.40. The van der Waals surface area contributed by atoms with Gasteiger partial charge >= 0.3 is 0 Å². The summed E-state index contributed by atoms with van der Waals surface area (Å²) < 4.78 is 15.8. The molecule has 5 heteroatoms. The van der Waals surface area contributed by atoms with Crippen molar-refractivity contribution in [3.05, 3.63) is 12.1 Å². The summed E-state index contributed by atoms with van der Waals surface area (Å²) in [6.07, 6.45) is 0. The van der Waals surface area contributed by atoms with Crippen LogP contribution in [-0.4, -0.2) is 34.3 Å². The summed E-state index contributed by atoms with van der Waals surface area (Å²) >= 11 is 4.23. The molecule has 0 aliphatic rings. The van der Waals surface area contributed by atoms with Crippen LogP contribution in [-0.2, 0) is 0 Å². The first-order valence-corrected chi connectivity index (χ1v) is 5.43. The second-order valence-electron chi connectivity index (χ2n) is 3.22. The van der Waals surface area contributed by atoms with E-state index in [0.29, 0.717) is 23.1 Å². The highest BCUT2D eigenvalue weighted by molar-refractivity contribution is 7.80. The molecule has 1 aromatic rings. The Bertz CT molecular complexity index is 332. The maximum Gasteiger partial charge on any atom is 0.149 e. The third-order valence-electron chi connectivity index (χ3n) is 2.28. The average molecular weight is 243 g/mol. The van der Waals surface area contributed by atoms with Gasteiger partial charge in [0.1, 0.15) is 22.9 Å². The zero-order valence-electron chi connectivity index (χ0n) is 9.98. The highest BCUT2D eigenvalue weighted by atomic mass is 32.1. The molecule has 0 aliphatic heterocycles. The van der Waals surface area contributed by atoms with Crippen LogP contribution >= 0.6 is 12.6 Å². The molecule has 0 spiro atoms. The molecule has 0 heterocycles. The largest absolute Gasteiger partial charge is 0.496 e. The van der Waals surface area contributed by atoms with E-state index in [-0.39, 0.29) is 0 Å². The summed E-state index contributed by atoms with van der Waals surface area (Å²) in [5, 5.41) is 0. The number of anilines is 1. The van der Waals surface area contributed by atoms with E-state index in [9.17, 15) is 0 Å². The minimum atomic E-state index is 0.569. The molecule has 0 aromatic heterocycles. The fourth-order valence-electron chi connectivity index (χ4n) is 1.43. The maximum absolute atomic E-state index is 5.32. The van der Waals surface area contributed by atoms with Crippen molar-refractivity contribution in [2.45, 2.75) is 0 Å². The Morgan fingerprint density at radius 1 is 1.06 bits per heavy atom. The summed E-state index contributed by atoms with van der Waals surface area (Å²) in [6, 6.07) is 3.63. The van der Waals surface area contributed by atoms with Gasteiger partial charge in [0.25, 0.3) is 0 Å². The normalized spacial score (nSPS) is 9.81. The van der Waals surface area contributed by atoms with E-state index in [0.717, 1.165) is 5.69 Å². The molecular formula is C11H17NO3S. The molecule has 0 aliphatic carbocycles. The zero-order chi connectivity index (χ0) is 12.1. The van der Waals surface area contributed by atoms with Crippen molar-refractivity contribution in [2.75, 3.05) is 39.2 Å². The first-order valence-electron chi connectivity index (χ1n) is 4.80. The van der Waals surface area contributed by atoms with Crippen molar-refractivity contribution in [1.29, 1.82) is 0 Å². The topological polar surface area (TPSA) is 30.9 Å². The van der Waals surface area contributed by atoms with Crippen LogP contribution in [0.25, 0.3) is 0 Å². The Labute approximate surface area is 102 Å². The molecule has 1 rings (SSSR count). The van der Waals surface area contributed by atoms with Crippen molar-refractivity contribution in [3.8, 4) is 17.2 Å². The molecule has 90 valence electrons. The summed E-state index contributed by atoms with van der Waals surface area (Å²) in [4.78, 5) is 1.93. The molecule has 1 aromatic carbocycles. The molecule has 0 radical (unpaired) electrons. The van der Waals surface area contributed by atoms with E-state index in [1.807, 2.05) is 24.1 Å². The van der Waals surface area contributed by atoms with Crippen LogP contribution in [0.3, 0.4) is 0 Å². The summed E-state index contributed by atoms with van der Waals surface area (Å²) in [7, 11) is 6.75. The second-order valence-corrected chi connectivity index (χ2v) is 3.50. The lowest BCUT2D eigenvalue weighted by atomic mass is 10.2. The van der Waals surface area contributed by atoms with Gasteiger partial charge in [-0.05, 0) is 0 Å². The lowest BCUT2D eigenvalue weighted by Gasteiger charge is -2.22. The highest BCUT2D eigenvalue weighted by Gasteiger charge is 2.15. The smallest absolute Gasteiger partial charge is 0.149 e. The lowest BCUT2D eigenvalue weighted by Crippen LogP contribution is -2.16. The Kier molecular flexibility index (Phi) is 4.61.